The lowest BCUT2D eigenvalue weighted by molar-refractivity contribution is -0.870. The predicted molar refractivity (Wildman–Crippen MR) is 184 cm³/mol. The molecule has 0 aliphatic rings. The van der Waals surface area contributed by atoms with Gasteiger partial charge in [0.2, 0.25) is 0 Å². The molecule has 9 nitrogen and oxygen atoms in total. The molecule has 0 radical (unpaired) electrons. The Kier molecular flexibility index (Phi) is 27.7. The molecule has 0 spiro atoms. The van der Waals surface area contributed by atoms with Crippen LogP contribution >= 0.6 is 7.82 Å². The molecule has 0 fully saturated rings. The van der Waals surface area contributed by atoms with Gasteiger partial charge in [0.1, 0.15) is 13.2 Å². The highest BCUT2D eigenvalue weighted by Gasteiger charge is 2.16. The molecule has 0 unspecified atom stereocenters. The fourth-order valence-electron chi connectivity index (χ4n) is 4.72. The number of aliphatic hydroxyl groups is 1. The van der Waals surface area contributed by atoms with Crippen LogP contribution in [0.25, 0.3) is 0 Å². The van der Waals surface area contributed by atoms with Crippen LogP contribution in [0.15, 0.2) is 36.1 Å². The van der Waals surface area contributed by atoms with Gasteiger partial charge in [-0.25, -0.2) is 9.36 Å². The van der Waals surface area contributed by atoms with Crippen molar-refractivity contribution in [3.05, 3.63) is 41.7 Å². The van der Waals surface area contributed by atoms with E-state index in [1.54, 1.807) is 5.94 Å². The van der Waals surface area contributed by atoms with E-state index in [2.05, 4.69) is 23.6 Å². The Bertz CT molecular complexity index is 899. The van der Waals surface area contributed by atoms with Crippen LogP contribution in [0.4, 0.5) is 0 Å². The molecule has 0 atom stereocenters. The second kappa shape index (κ2) is 28.7. The number of quaternary nitrogens is 1. The number of nitrogens with zero attached hydrogens (tertiary/aromatic N) is 2. The molecule has 3 N–H and O–H groups in total. The summed E-state index contributed by atoms with van der Waals surface area (Å²) in [7, 11) is 1.50. The molecule has 0 aliphatic carbocycles. The summed E-state index contributed by atoms with van der Waals surface area (Å²) in [6.07, 6.45) is 22.9. The topological polar surface area (TPSA) is 117 Å². The molecule has 0 heterocycles. The van der Waals surface area contributed by atoms with Crippen LogP contribution in [0.3, 0.4) is 0 Å². The zero-order valence-electron chi connectivity index (χ0n) is 29.0. The lowest BCUT2D eigenvalue weighted by Gasteiger charge is -2.23. The Morgan fingerprint density at radius 2 is 1.24 bits per heavy atom. The van der Waals surface area contributed by atoms with Gasteiger partial charge in [-0.05, 0) is 18.4 Å². The third-order valence-corrected chi connectivity index (χ3v) is 8.00. The van der Waals surface area contributed by atoms with Gasteiger partial charge in [0.05, 0.1) is 27.7 Å². The minimum absolute atomic E-state index is 0.0772. The summed E-state index contributed by atoms with van der Waals surface area (Å²) in [4.78, 5) is 33.1. The van der Waals surface area contributed by atoms with Crippen LogP contribution in [0.1, 0.15) is 128 Å². The van der Waals surface area contributed by atoms with Crippen LogP contribution in [0, 0.1) is 0 Å². The monoisotopic (exact) mass is 657 g/mol. The number of hydroxylamine groups is 2. The van der Waals surface area contributed by atoms with Crippen LogP contribution < -0.4 is 0 Å². The first-order chi connectivity index (χ1) is 21.5. The fraction of sp³-hybridized carbons (Fsp3) is 0.771. The normalized spacial score (nSPS) is 11.7. The molecule has 262 valence electrons. The highest BCUT2D eigenvalue weighted by atomic mass is 31.2. The van der Waals surface area contributed by atoms with Crippen LogP contribution in [-0.4, -0.2) is 77.8 Å². The van der Waals surface area contributed by atoms with Gasteiger partial charge >= 0.3 is 7.82 Å². The van der Waals surface area contributed by atoms with Gasteiger partial charge in [0, 0.05) is 19.5 Å². The van der Waals surface area contributed by atoms with Crippen molar-refractivity contribution < 1.29 is 38.1 Å². The first kappa shape index (κ1) is 43.5. The number of hydrogen-bond acceptors (Lipinski definition) is 6. The van der Waals surface area contributed by atoms with Gasteiger partial charge in [0.25, 0.3) is 0 Å². The summed E-state index contributed by atoms with van der Waals surface area (Å²) >= 11 is 0. The number of unbranched alkanes of at least 4 members (excludes halogenated alkanes) is 15. The van der Waals surface area contributed by atoms with E-state index in [0.717, 1.165) is 18.5 Å². The molecule has 0 bridgehead atoms. The van der Waals surface area contributed by atoms with Crippen molar-refractivity contribution in [3.63, 3.8) is 0 Å². The highest BCUT2D eigenvalue weighted by Crippen LogP contribution is 2.35. The SMILES string of the molecule is CCCCCCCCCCCCCCCCCCN(CCCC(O)=C=O)OCc1ccccc1.C[N+](C)(C)CCOP(=O)(O)O. The van der Waals surface area contributed by atoms with Crippen molar-refractivity contribution in [2.45, 2.75) is 129 Å². The Balaban J connectivity index is 0.00000149. The van der Waals surface area contributed by atoms with Gasteiger partial charge in [0.15, 0.2) is 11.7 Å². The molecular weight excluding hydrogens is 591 g/mol. The van der Waals surface area contributed by atoms with E-state index >= 15 is 0 Å². The van der Waals surface area contributed by atoms with Crippen molar-refractivity contribution >= 4 is 13.8 Å². The maximum absolute atomic E-state index is 10.5. The number of rotatable bonds is 28. The van der Waals surface area contributed by atoms with Crippen molar-refractivity contribution in [2.75, 3.05) is 47.4 Å². The second-order valence-electron chi connectivity index (χ2n) is 13.0. The molecule has 45 heavy (non-hydrogen) atoms. The molecule has 10 heteroatoms. The van der Waals surface area contributed by atoms with Crippen molar-refractivity contribution in [2.24, 2.45) is 0 Å². The number of phosphoric acid groups is 1. The van der Waals surface area contributed by atoms with Gasteiger partial charge in [-0.15, -0.1) is 0 Å². The van der Waals surface area contributed by atoms with Gasteiger partial charge in [-0.1, -0.05) is 134 Å². The summed E-state index contributed by atoms with van der Waals surface area (Å²) in [6, 6.07) is 10.2. The lowest BCUT2D eigenvalue weighted by Crippen LogP contribution is -2.37. The van der Waals surface area contributed by atoms with E-state index < -0.39 is 7.82 Å². The zero-order chi connectivity index (χ0) is 33.7. The standard InChI is InChI=1S/C30H51NO3.C5H14NO4P/c1-2-3-4-5-6-7-8-9-10-11-12-13-14-15-16-20-25-31(26-21-24-30(33)27-32)34-28-29-22-18-17-19-23-29;1-6(2,3)4-5-10-11(7,8)9/h17-19,22-23,33H,2-16,20-21,24-26,28H2,1H3;4-5H2,1-3H3,(H-,7,8,9)/p+1. The molecular formula is C35H66N2O7P+. The van der Waals surface area contributed by atoms with Crippen LogP contribution in [0.5, 0.6) is 0 Å². The number of aliphatic hydroxyl groups excluding tert-OH is 1. The number of phosphoric ester groups is 1. The summed E-state index contributed by atoms with van der Waals surface area (Å²) < 4.78 is 15.1. The summed E-state index contributed by atoms with van der Waals surface area (Å²) in [6.45, 7) is 5.08. The third-order valence-electron chi connectivity index (χ3n) is 7.48. The number of likely N-dealkylation sites (N-methyl/N-ethyl adjacent to an activating group) is 1. The number of allylic oxidation sites excluding steroid dienone is 1. The number of benzene rings is 1. The molecule has 1 aromatic rings. The van der Waals surface area contributed by atoms with Crippen LogP contribution in [0.2, 0.25) is 0 Å². The molecule has 0 aromatic heterocycles. The van der Waals surface area contributed by atoms with E-state index in [1.165, 1.54) is 96.3 Å². The number of hydrogen-bond donors (Lipinski definition) is 3. The van der Waals surface area contributed by atoms with E-state index in [1.807, 2.05) is 44.4 Å². The maximum Gasteiger partial charge on any atom is 0.469 e. The summed E-state index contributed by atoms with van der Waals surface area (Å²) in [5.74, 6) is 1.36. The average molecular weight is 658 g/mol. The van der Waals surface area contributed by atoms with Crippen molar-refractivity contribution in [1.29, 1.82) is 0 Å². The van der Waals surface area contributed by atoms with Gasteiger partial charge in [-0.3, -0.25) is 9.36 Å². The molecule has 1 aromatic carbocycles. The quantitative estimate of drug-likeness (QED) is 0.0205. The first-order valence-corrected chi connectivity index (χ1v) is 18.8. The van der Waals surface area contributed by atoms with Gasteiger partial charge < -0.3 is 19.4 Å². The highest BCUT2D eigenvalue weighted by molar-refractivity contribution is 7.46. The summed E-state index contributed by atoms with van der Waals surface area (Å²) in [5.41, 5.74) is 1.15. The van der Waals surface area contributed by atoms with E-state index in [4.69, 9.17) is 14.6 Å². The maximum atomic E-state index is 10.5. The average Bonchev–Trinajstić information content (AvgIpc) is 2.98. The zero-order valence-corrected chi connectivity index (χ0v) is 29.9. The second-order valence-corrected chi connectivity index (χ2v) is 14.2. The lowest BCUT2D eigenvalue weighted by atomic mass is 10.0. The Morgan fingerprint density at radius 1 is 0.778 bits per heavy atom. The molecule has 0 saturated heterocycles. The molecule has 0 saturated carbocycles. The smallest absolute Gasteiger partial charge is 0.469 e. The van der Waals surface area contributed by atoms with E-state index in [0.29, 0.717) is 37.0 Å². The van der Waals surface area contributed by atoms with E-state index in [-0.39, 0.29) is 12.4 Å². The van der Waals surface area contributed by atoms with E-state index in [9.17, 15) is 14.5 Å². The molecule has 1 rings (SSSR count). The fourth-order valence-corrected chi connectivity index (χ4v) is 5.04. The van der Waals surface area contributed by atoms with Crippen LogP contribution in [-0.2, 0) is 25.3 Å². The van der Waals surface area contributed by atoms with Crippen molar-refractivity contribution in [1.82, 2.24) is 5.06 Å². The Morgan fingerprint density at radius 3 is 1.69 bits per heavy atom. The van der Waals surface area contributed by atoms with Gasteiger partial charge in [-0.2, -0.15) is 5.06 Å². The minimum Gasteiger partial charge on any atom is -0.502 e. The summed E-state index contributed by atoms with van der Waals surface area (Å²) in [5, 5.41) is 11.3. The molecule has 0 amide bonds. The Labute approximate surface area is 274 Å². The van der Waals surface area contributed by atoms with Crippen molar-refractivity contribution in [3.8, 4) is 0 Å². The predicted octanol–water partition coefficient (Wildman–Crippen LogP) is 8.54. The minimum atomic E-state index is -4.26. The largest absolute Gasteiger partial charge is 0.502 e. The first-order valence-electron chi connectivity index (χ1n) is 17.3. The number of carbonyl (C=O) groups excluding carboxylic acids is 1. The third kappa shape index (κ3) is 33.6. The Hall–Kier alpha value is -1.54. The molecule has 0 aliphatic heterocycles.